The molecule has 1 aromatic heterocycles. The molecule has 3 nitrogen and oxygen atoms in total. The fourth-order valence-corrected chi connectivity index (χ4v) is 3.63. The van der Waals surface area contributed by atoms with Crippen LogP contribution in [0.25, 0.3) is 10.9 Å². The van der Waals surface area contributed by atoms with Gasteiger partial charge in [-0.05, 0) is 25.0 Å². The maximum absolute atomic E-state index is 12.9. The van der Waals surface area contributed by atoms with Crippen LogP contribution in [-0.4, -0.2) is 17.4 Å². The number of β-lactam (4-membered cyclic amide) rings is 1. The van der Waals surface area contributed by atoms with E-state index in [0.717, 1.165) is 55.2 Å². The average Bonchev–Trinajstić information content (AvgIpc) is 2.56. The van der Waals surface area contributed by atoms with Gasteiger partial charge in [0, 0.05) is 18.1 Å². The lowest BCUT2D eigenvalue weighted by molar-refractivity contribution is -0.136. The van der Waals surface area contributed by atoms with Gasteiger partial charge >= 0.3 is 0 Å². The molecular weight excluding hydrogens is 272 g/mol. The number of nitrogens with zero attached hydrogens (tertiary/aromatic N) is 2. The van der Waals surface area contributed by atoms with Crippen molar-refractivity contribution in [3.63, 3.8) is 0 Å². The number of anilines is 1. The first-order chi connectivity index (χ1) is 10.7. The molecule has 0 N–H and O–H groups in total. The standard InChI is InChI=1S/C19H24N2O/c1-3-5-12-19(11-4-2)14-21(18(19)22)16-10-6-8-15-9-7-13-20-17(15)16/h6-10,13H,3-5,11-12,14H2,1-2H3. The number of carbonyl (C=O) groups excluding carboxylic acids is 1. The van der Waals surface area contributed by atoms with Gasteiger partial charge in [-0.15, -0.1) is 0 Å². The lowest BCUT2D eigenvalue weighted by Crippen LogP contribution is -2.61. The predicted molar refractivity (Wildman–Crippen MR) is 91.0 cm³/mol. The third kappa shape index (κ3) is 2.39. The van der Waals surface area contributed by atoms with Crippen molar-refractivity contribution in [1.29, 1.82) is 0 Å². The zero-order valence-electron chi connectivity index (χ0n) is 13.5. The highest BCUT2D eigenvalue weighted by atomic mass is 16.2. The number of benzene rings is 1. The van der Waals surface area contributed by atoms with Crippen molar-refractivity contribution in [2.75, 3.05) is 11.4 Å². The number of hydrogen-bond donors (Lipinski definition) is 0. The lowest BCUT2D eigenvalue weighted by Gasteiger charge is -2.49. The van der Waals surface area contributed by atoms with Crippen molar-refractivity contribution in [2.24, 2.45) is 5.41 Å². The summed E-state index contributed by atoms with van der Waals surface area (Å²) in [6, 6.07) is 10.1. The van der Waals surface area contributed by atoms with E-state index in [2.05, 4.69) is 18.8 Å². The van der Waals surface area contributed by atoms with E-state index in [1.807, 2.05) is 35.2 Å². The van der Waals surface area contributed by atoms with E-state index in [9.17, 15) is 4.79 Å². The molecule has 1 aliphatic rings. The Labute approximate surface area is 132 Å². The summed E-state index contributed by atoms with van der Waals surface area (Å²) in [5.74, 6) is 0.293. The van der Waals surface area contributed by atoms with Crippen molar-refractivity contribution >= 4 is 22.5 Å². The van der Waals surface area contributed by atoms with Gasteiger partial charge in [-0.25, -0.2) is 0 Å². The minimum absolute atomic E-state index is 0.123. The summed E-state index contributed by atoms with van der Waals surface area (Å²) in [4.78, 5) is 19.3. The first kappa shape index (κ1) is 15.0. The summed E-state index contributed by atoms with van der Waals surface area (Å²) >= 11 is 0. The molecular formula is C19H24N2O. The smallest absolute Gasteiger partial charge is 0.235 e. The van der Waals surface area contributed by atoms with Crippen LogP contribution in [0.2, 0.25) is 0 Å². The van der Waals surface area contributed by atoms with Crippen molar-refractivity contribution in [1.82, 2.24) is 4.98 Å². The Morgan fingerprint density at radius 3 is 2.68 bits per heavy atom. The number of rotatable bonds is 6. The molecule has 3 heteroatoms. The number of unbranched alkanes of at least 4 members (excludes halogenated alkanes) is 1. The van der Waals surface area contributed by atoms with Crippen LogP contribution in [0.5, 0.6) is 0 Å². The van der Waals surface area contributed by atoms with Crippen LogP contribution in [0.4, 0.5) is 5.69 Å². The zero-order valence-corrected chi connectivity index (χ0v) is 13.5. The third-order valence-corrected chi connectivity index (χ3v) is 4.80. The topological polar surface area (TPSA) is 33.2 Å². The molecule has 1 unspecified atom stereocenters. The van der Waals surface area contributed by atoms with Gasteiger partial charge < -0.3 is 4.90 Å². The number of hydrogen-bond acceptors (Lipinski definition) is 2. The average molecular weight is 296 g/mol. The highest BCUT2D eigenvalue weighted by Crippen LogP contribution is 2.44. The minimum atomic E-state index is -0.123. The van der Waals surface area contributed by atoms with Crippen LogP contribution in [-0.2, 0) is 4.79 Å². The van der Waals surface area contributed by atoms with Gasteiger partial charge in [-0.3, -0.25) is 9.78 Å². The monoisotopic (exact) mass is 296 g/mol. The summed E-state index contributed by atoms with van der Waals surface area (Å²) in [5.41, 5.74) is 1.77. The van der Waals surface area contributed by atoms with Crippen LogP contribution < -0.4 is 4.90 Å². The molecule has 0 bridgehead atoms. The van der Waals surface area contributed by atoms with Crippen molar-refractivity contribution in [3.05, 3.63) is 36.5 Å². The molecule has 1 amide bonds. The highest BCUT2D eigenvalue weighted by molar-refractivity contribution is 6.09. The van der Waals surface area contributed by atoms with E-state index in [0.29, 0.717) is 5.91 Å². The van der Waals surface area contributed by atoms with E-state index in [1.54, 1.807) is 6.20 Å². The van der Waals surface area contributed by atoms with Gasteiger partial charge in [0.1, 0.15) is 0 Å². The first-order valence-electron chi connectivity index (χ1n) is 8.37. The molecule has 1 saturated heterocycles. The molecule has 1 aromatic carbocycles. The Kier molecular flexibility index (Phi) is 4.14. The molecule has 22 heavy (non-hydrogen) atoms. The molecule has 2 aromatic rings. The molecule has 1 fully saturated rings. The molecule has 2 heterocycles. The second-order valence-electron chi connectivity index (χ2n) is 6.38. The normalized spacial score (nSPS) is 21.2. The van der Waals surface area contributed by atoms with Gasteiger partial charge in [-0.1, -0.05) is 51.3 Å². The number of pyridine rings is 1. The second-order valence-corrected chi connectivity index (χ2v) is 6.38. The Morgan fingerprint density at radius 2 is 1.95 bits per heavy atom. The highest BCUT2D eigenvalue weighted by Gasteiger charge is 2.51. The van der Waals surface area contributed by atoms with Gasteiger partial charge in [0.2, 0.25) is 5.91 Å². The van der Waals surface area contributed by atoms with Gasteiger partial charge in [-0.2, -0.15) is 0 Å². The minimum Gasteiger partial charge on any atom is -0.309 e. The van der Waals surface area contributed by atoms with Crippen LogP contribution in [0.3, 0.4) is 0 Å². The van der Waals surface area contributed by atoms with Crippen LogP contribution >= 0.6 is 0 Å². The second kappa shape index (κ2) is 6.07. The van der Waals surface area contributed by atoms with Crippen LogP contribution in [0.15, 0.2) is 36.5 Å². The van der Waals surface area contributed by atoms with E-state index < -0.39 is 0 Å². The summed E-state index contributed by atoms with van der Waals surface area (Å²) in [7, 11) is 0. The third-order valence-electron chi connectivity index (χ3n) is 4.80. The van der Waals surface area contributed by atoms with Crippen LogP contribution in [0.1, 0.15) is 46.0 Å². The molecule has 0 aliphatic carbocycles. The van der Waals surface area contributed by atoms with Gasteiger partial charge in [0.15, 0.2) is 0 Å². The van der Waals surface area contributed by atoms with Crippen molar-refractivity contribution in [2.45, 2.75) is 46.0 Å². The Bertz CT molecular complexity index is 677. The Morgan fingerprint density at radius 1 is 1.14 bits per heavy atom. The van der Waals surface area contributed by atoms with E-state index >= 15 is 0 Å². The molecule has 1 atom stereocenters. The molecule has 3 rings (SSSR count). The van der Waals surface area contributed by atoms with E-state index in [1.165, 1.54) is 0 Å². The van der Waals surface area contributed by atoms with Gasteiger partial charge in [0.25, 0.3) is 0 Å². The maximum Gasteiger partial charge on any atom is 0.235 e. The molecule has 0 radical (unpaired) electrons. The summed E-state index contributed by atoms with van der Waals surface area (Å²) < 4.78 is 0. The zero-order chi connectivity index (χ0) is 15.6. The van der Waals surface area contributed by atoms with E-state index in [-0.39, 0.29) is 5.41 Å². The quantitative estimate of drug-likeness (QED) is 0.732. The Hall–Kier alpha value is -1.90. The molecule has 0 spiro atoms. The van der Waals surface area contributed by atoms with Crippen molar-refractivity contribution < 1.29 is 4.79 Å². The number of aromatic nitrogens is 1. The maximum atomic E-state index is 12.9. The van der Waals surface area contributed by atoms with Crippen molar-refractivity contribution in [3.8, 4) is 0 Å². The summed E-state index contributed by atoms with van der Waals surface area (Å²) in [6.45, 7) is 5.20. The Balaban J connectivity index is 1.89. The van der Waals surface area contributed by atoms with Crippen LogP contribution in [0, 0.1) is 5.41 Å². The summed E-state index contributed by atoms with van der Waals surface area (Å²) in [6.07, 6.45) is 7.16. The van der Waals surface area contributed by atoms with Gasteiger partial charge in [0.05, 0.1) is 16.6 Å². The molecule has 0 saturated carbocycles. The molecule has 1 aliphatic heterocycles. The summed E-state index contributed by atoms with van der Waals surface area (Å²) in [5, 5.41) is 1.09. The SMILES string of the molecule is CCCCC1(CCC)CN(c2cccc3cccnc23)C1=O. The first-order valence-corrected chi connectivity index (χ1v) is 8.37. The number of para-hydroxylation sites is 1. The van der Waals surface area contributed by atoms with E-state index in [4.69, 9.17) is 0 Å². The fraction of sp³-hybridized carbons (Fsp3) is 0.474. The number of carbonyl (C=O) groups is 1. The molecule has 116 valence electrons. The fourth-order valence-electron chi connectivity index (χ4n) is 3.63. The number of fused-ring (bicyclic) bond motifs is 1. The lowest BCUT2D eigenvalue weighted by atomic mass is 9.71. The predicted octanol–water partition coefficient (Wildman–Crippen LogP) is 4.56. The largest absolute Gasteiger partial charge is 0.309 e. The number of amides is 1.